The Morgan fingerprint density at radius 1 is 1.13 bits per heavy atom. The van der Waals surface area contributed by atoms with Crippen molar-refractivity contribution in [2.45, 2.75) is 13.8 Å². The number of rotatable bonds is 3. The number of hydrogen-bond donors (Lipinski definition) is 0. The zero-order chi connectivity index (χ0) is 16.6. The molecule has 0 amide bonds. The first kappa shape index (κ1) is 15.4. The molecule has 0 aliphatic carbocycles. The van der Waals surface area contributed by atoms with Gasteiger partial charge in [-0.05, 0) is 55.3 Å². The maximum absolute atomic E-state index is 13.2. The Hall–Kier alpha value is -2.46. The van der Waals surface area contributed by atoms with E-state index in [9.17, 15) is 9.18 Å². The molecule has 3 aromatic rings. The van der Waals surface area contributed by atoms with Crippen molar-refractivity contribution in [3.8, 4) is 17.1 Å². The number of carbonyl (C=O) groups is 1. The molecule has 1 aromatic heterocycles. The first-order chi connectivity index (χ1) is 11.0. The lowest BCUT2D eigenvalue weighted by Crippen LogP contribution is -2.04. The third-order valence-corrected chi connectivity index (χ3v) is 3.97. The maximum Gasteiger partial charge on any atom is 0.170 e. The number of nitrogens with zero attached hydrogens (tertiary/aromatic N) is 2. The average Bonchev–Trinajstić information content (AvgIpc) is 2.86. The van der Waals surface area contributed by atoms with Crippen LogP contribution >= 0.6 is 11.6 Å². The van der Waals surface area contributed by atoms with Gasteiger partial charge in [-0.3, -0.25) is 9.36 Å². The summed E-state index contributed by atoms with van der Waals surface area (Å²) in [4.78, 5) is 15.8. The zero-order valence-corrected chi connectivity index (χ0v) is 13.4. The number of aldehydes is 1. The van der Waals surface area contributed by atoms with Crippen molar-refractivity contribution < 1.29 is 9.18 Å². The molecule has 0 aliphatic rings. The maximum atomic E-state index is 13.2. The highest BCUT2D eigenvalue weighted by Crippen LogP contribution is 2.30. The summed E-state index contributed by atoms with van der Waals surface area (Å²) in [5, 5.41) is 0.125. The molecule has 5 heteroatoms. The first-order valence-electron chi connectivity index (χ1n) is 7.08. The van der Waals surface area contributed by atoms with Gasteiger partial charge in [0, 0.05) is 5.56 Å². The molecule has 0 saturated carbocycles. The number of carbonyl (C=O) groups excluding carboxylic acids is 1. The van der Waals surface area contributed by atoms with Crippen LogP contribution in [0.25, 0.3) is 17.1 Å². The van der Waals surface area contributed by atoms with Gasteiger partial charge in [0.15, 0.2) is 11.4 Å². The van der Waals surface area contributed by atoms with Crippen LogP contribution in [0, 0.1) is 19.7 Å². The van der Waals surface area contributed by atoms with E-state index in [2.05, 4.69) is 4.98 Å². The predicted octanol–water partition coefficient (Wildman–Crippen LogP) is 4.76. The highest BCUT2D eigenvalue weighted by Gasteiger charge is 2.19. The van der Waals surface area contributed by atoms with Gasteiger partial charge in [-0.25, -0.2) is 9.37 Å². The minimum atomic E-state index is -0.333. The van der Waals surface area contributed by atoms with Crippen LogP contribution in [-0.4, -0.2) is 15.8 Å². The van der Waals surface area contributed by atoms with Crippen LogP contribution in [0.5, 0.6) is 0 Å². The van der Waals surface area contributed by atoms with E-state index < -0.39 is 0 Å². The van der Waals surface area contributed by atoms with Gasteiger partial charge < -0.3 is 0 Å². The van der Waals surface area contributed by atoms with Crippen LogP contribution in [0.4, 0.5) is 4.39 Å². The molecule has 2 aromatic carbocycles. The van der Waals surface area contributed by atoms with Crippen molar-refractivity contribution in [1.82, 2.24) is 9.55 Å². The van der Waals surface area contributed by atoms with Crippen LogP contribution in [0.15, 0.2) is 42.5 Å². The summed E-state index contributed by atoms with van der Waals surface area (Å²) in [5.41, 5.74) is 3.82. The fraction of sp³-hybridized carbons (Fsp3) is 0.111. The molecular formula is C18H14ClFN2O. The molecule has 0 spiro atoms. The summed E-state index contributed by atoms with van der Waals surface area (Å²) in [7, 11) is 0. The van der Waals surface area contributed by atoms with Crippen molar-refractivity contribution in [2.75, 3.05) is 0 Å². The summed E-state index contributed by atoms with van der Waals surface area (Å²) in [6.07, 6.45) is 0.685. The van der Waals surface area contributed by atoms with Crippen LogP contribution in [-0.2, 0) is 0 Å². The predicted molar refractivity (Wildman–Crippen MR) is 88.8 cm³/mol. The van der Waals surface area contributed by atoms with E-state index in [1.165, 1.54) is 12.1 Å². The third-order valence-electron chi connectivity index (χ3n) is 3.69. The normalized spacial score (nSPS) is 10.8. The van der Waals surface area contributed by atoms with E-state index in [1.54, 1.807) is 16.7 Å². The molecule has 3 nitrogen and oxygen atoms in total. The molecule has 0 saturated heterocycles. The quantitative estimate of drug-likeness (QED) is 0.650. The van der Waals surface area contributed by atoms with Crippen molar-refractivity contribution in [1.29, 1.82) is 0 Å². The van der Waals surface area contributed by atoms with E-state index in [-0.39, 0.29) is 16.7 Å². The van der Waals surface area contributed by atoms with Gasteiger partial charge in [0.05, 0.1) is 5.69 Å². The molecular weight excluding hydrogens is 315 g/mol. The summed E-state index contributed by atoms with van der Waals surface area (Å²) in [6, 6.07) is 11.9. The summed E-state index contributed by atoms with van der Waals surface area (Å²) in [6.45, 7) is 3.92. The Bertz CT molecular complexity index is 885. The van der Waals surface area contributed by atoms with Gasteiger partial charge in [-0.2, -0.15) is 0 Å². The molecule has 116 valence electrons. The van der Waals surface area contributed by atoms with Crippen molar-refractivity contribution >= 4 is 17.9 Å². The molecule has 0 unspecified atom stereocenters. The zero-order valence-electron chi connectivity index (χ0n) is 12.7. The van der Waals surface area contributed by atoms with Crippen molar-refractivity contribution in [3.05, 3.63) is 70.3 Å². The van der Waals surface area contributed by atoms with E-state index >= 15 is 0 Å². The van der Waals surface area contributed by atoms with Gasteiger partial charge in [0.2, 0.25) is 0 Å². The molecule has 23 heavy (non-hydrogen) atoms. The fourth-order valence-electron chi connectivity index (χ4n) is 2.50. The Morgan fingerprint density at radius 3 is 2.48 bits per heavy atom. The largest absolute Gasteiger partial charge is 0.296 e. The number of benzene rings is 2. The number of aryl methyl sites for hydroxylation is 2. The van der Waals surface area contributed by atoms with Crippen LogP contribution in [0.1, 0.15) is 21.6 Å². The molecule has 0 atom stereocenters. The second-order valence-electron chi connectivity index (χ2n) is 5.36. The topological polar surface area (TPSA) is 34.9 Å². The monoisotopic (exact) mass is 328 g/mol. The standard InChI is InChI=1S/C18H14ClFN2O/c1-11-3-4-12(2)15(9-11)22-16(10-23)17(19)21-18(22)13-5-7-14(20)8-6-13/h3-10H,1-2H3. The van der Waals surface area contributed by atoms with Crippen molar-refractivity contribution in [2.24, 2.45) is 0 Å². The van der Waals surface area contributed by atoms with Crippen LogP contribution < -0.4 is 0 Å². The fourth-order valence-corrected chi connectivity index (χ4v) is 2.71. The summed E-state index contributed by atoms with van der Waals surface area (Å²) in [5.74, 6) is 0.172. The molecule has 1 heterocycles. The Balaban J connectivity index is 2.32. The molecule has 0 radical (unpaired) electrons. The van der Waals surface area contributed by atoms with Gasteiger partial charge in [0.1, 0.15) is 17.3 Å². The Labute approximate surface area is 138 Å². The lowest BCUT2D eigenvalue weighted by atomic mass is 10.1. The minimum Gasteiger partial charge on any atom is -0.296 e. The van der Waals surface area contributed by atoms with Crippen LogP contribution in [0.3, 0.4) is 0 Å². The van der Waals surface area contributed by atoms with E-state index in [0.29, 0.717) is 17.7 Å². The second-order valence-corrected chi connectivity index (χ2v) is 5.72. The minimum absolute atomic E-state index is 0.125. The molecule has 0 aliphatic heterocycles. The van der Waals surface area contributed by atoms with Gasteiger partial charge >= 0.3 is 0 Å². The van der Waals surface area contributed by atoms with Gasteiger partial charge in [-0.1, -0.05) is 23.7 Å². The smallest absolute Gasteiger partial charge is 0.170 e. The molecule has 0 N–H and O–H groups in total. The number of hydrogen-bond acceptors (Lipinski definition) is 2. The molecule has 0 bridgehead atoms. The Kier molecular flexibility index (Phi) is 4.01. The Morgan fingerprint density at radius 2 is 1.83 bits per heavy atom. The first-order valence-corrected chi connectivity index (χ1v) is 7.46. The number of imidazole rings is 1. The van der Waals surface area contributed by atoms with E-state index in [4.69, 9.17) is 11.6 Å². The lowest BCUT2D eigenvalue weighted by Gasteiger charge is -2.13. The lowest BCUT2D eigenvalue weighted by molar-refractivity contribution is 0.111. The van der Waals surface area contributed by atoms with Gasteiger partial charge in [-0.15, -0.1) is 0 Å². The highest BCUT2D eigenvalue weighted by molar-refractivity contribution is 6.31. The van der Waals surface area contributed by atoms with E-state index in [1.807, 2.05) is 32.0 Å². The number of halogens is 2. The summed E-state index contributed by atoms with van der Waals surface area (Å²) < 4.78 is 14.9. The molecule has 0 fully saturated rings. The van der Waals surface area contributed by atoms with E-state index in [0.717, 1.165) is 16.8 Å². The second kappa shape index (κ2) is 5.97. The number of aromatic nitrogens is 2. The van der Waals surface area contributed by atoms with Crippen LogP contribution in [0.2, 0.25) is 5.15 Å². The summed E-state index contributed by atoms with van der Waals surface area (Å²) >= 11 is 6.14. The highest BCUT2D eigenvalue weighted by atomic mass is 35.5. The average molecular weight is 329 g/mol. The third kappa shape index (κ3) is 2.78. The molecule has 3 rings (SSSR count). The van der Waals surface area contributed by atoms with Crippen molar-refractivity contribution in [3.63, 3.8) is 0 Å². The van der Waals surface area contributed by atoms with Gasteiger partial charge in [0.25, 0.3) is 0 Å². The SMILES string of the molecule is Cc1ccc(C)c(-n2c(-c3ccc(F)cc3)nc(Cl)c2C=O)c1.